The van der Waals surface area contributed by atoms with E-state index in [9.17, 15) is 19.8 Å². The number of benzene rings is 1. The molecule has 0 atom stereocenters. The van der Waals surface area contributed by atoms with Crippen LogP contribution in [0.1, 0.15) is 57.4 Å². The molecule has 206 valence electrons. The number of carbonyl (C=O) groups is 2. The number of aromatic nitrogens is 2. The molecule has 0 unspecified atom stereocenters. The number of rotatable bonds is 7. The first-order valence-corrected chi connectivity index (χ1v) is 14.3. The van der Waals surface area contributed by atoms with Gasteiger partial charge in [-0.3, -0.25) is 4.79 Å². The molecule has 1 aromatic carbocycles. The van der Waals surface area contributed by atoms with E-state index >= 15 is 0 Å². The molecule has 2 aromatic heterocycles. The monoisotopic (exact) mass is 549 g/mol. The molecule has 9 nitrogen and oxygen atoms in total. The van der Waals surface area contributed by atoms with E-state index in [2.05, 4.69) is 15.5 Å². The molecule has 2 aliphatic rings. The summed E-state index contributed by atoms with van der Waals surface area (Å²) in [5.74, 6) is 0.506. The highest BCUT2D eigenvalue weighted by molar-refractivity contribution is 7.08. The lowest BCUT2D eigenvalue weighted by molar-refractivity contribution is -0.117. The average Bonchev–Trinajstić information content (AvgIpc) is 3.42. The maximum absolute atomic E-state index is 12.9. The van der Waals surface area contributed by atoms with Crippen LogP contribution in [0, 0.1) is 5.92 Å². The van der Waals surface area contributed by atoms with Crippen molar-refractivity contribution in [2.75, 3.05) is 12.4 Å². The number of nitrogens with one attached hydrogen (secondary N) is 1. The smallest absolute Gasteiger partial charge is 0.407 e. The van der Waals surface area contributed by atoms with Crippen molar-refractivity contribution in [3.05, 3.63) is 52.7 Å². The summed E-state index contributed by atoms with van der Waals surface area (Å²) in [6.07, 6.45) is 3.67. The number of carboxylic acid groups (broad SMARTS) is 1. The predicted octanol–water partition coefficient (Wildman–Crippen LogP) is 5.07. The zero-order valence-corrected chi connectivity index (χ0v) is 23.1. The Bertz CT molecular complexity index is 1330. The van der Waals surface area contributed by atoms with Crippen molar-refractivity contribution in [1.82, 2.24) is 15.1 Å². The number of aliphatic hydroxyl groups is 1. The molecule has 0 radical (unpaired) electrons. The second-order valence-corrected chi connectivity index (χ2v) is 12.2. The van der Waals surface area contributed by atoms with Gasteiger partial charge in [-0.15, -0.1) is 10.2 Å². The molecule has 2 heterocycles. The number of anilines is 1. The maximum atomic E-state index is 12.9. The fourth-order valence-electron chi connectivity index (χ4n) is 6.12. The molecule has 10 heteroatoms. The van der Waals surface area contributed by atoms with Gasteiger partial charge >= 0.3 is 6.09 Å². The fraction of sp³-hybridized carbons (Fsp3) is 0.448. The molecule has 0 bridgehead atoms. The molecule has 2 amide bonds. The second-order valence-electron chi connectivity index (χ2n) is 11.4. The van der Waals surface area contributed by atoms with E-state index < -0.39 is 17.2 Å². The summed E-state index contributed by atoms with van der Waals surface area (Å²) in [7, 11) is 1.61. The molecule has 5 N–H and O–H groups in total. The normalized spacial score (nSPS) is 26.5. The van der Waals surface area contributed by atoms with E-state index in [1.54, 1.807) is 25.3 Å². The van der Waals surface area contributed by atoms with Crippen LogP contribution in [0.3, 0.4) is 0 Å². The first-order chi connectivity index (χ1) is 18.5. The molecule has 0 spiro atoms. The standard InChI is InChI=1S/C29H35N5O4S/c1-28(38)16-29(30,17-28)21-7-5-19(6-8-21)26-23(20-11-12-39-15-20)14-24(32-33-26)31-25(35)13-18-3-9-22(10-4-18)34(2)27(36)37/h5-8,11-12,14-15,18,22,38H,3-4,9-10,13,16-17,30H2,1-2H3,(H,36,37)(H,31,32,35)/t18-,22-,28-,29-. The van der Waals surface area contributed by atoms with Crippen LogP contribution in [0.2, 0.25) is 0 Å². The van der Waals surface area contributed by atoms with Crippen LogP contribution in [0.15, 0.2) is 47.2 Å². The Labute approximate surface area is 232 Å². The highest BCUT2D eigenvalue weighted by Gasteiger charge is 2.49. The highest BCUT2D eigenvalue weighted by Crippen LogP contribution is 2.46. The van der Waals surface area contributed by atoms with Gasteiger partial charge in [0.15, 0.2) is 5.82 Å². The van der Waals surface area contributed by atoms with Crippen molar-refractivity contribution in [3.8, 4) is 22.4 Å². The van der Waals surface area contributed by atoms with Crippen molar-refractivity contribution in [2.24, 2.45) is 11.7 Å². The van der Waals surface area contributed by atoms with Crippen LogP contribution in [0.25, 0.3) is 22.4 Å². The molecule has 3 aromatic rings. The summed E-state index contributed by atoms with van der Waals surface area (Å²) < 4.78 is 0. The van der Waals surface area contributed by atoms with Crippen LogP contribution in [0.4, 0.5) is 10.6 Å². The van der Waals surface area contributed by atoms with Gasteiger partial charge < -0.3 is 26.2 Å². The predicted molar refractivity (Wildman–Crippen MR) is 151 cm³/mol. The third kappa shape index (κ3) is 5.98. The number of hydrogen-bond acceptors (Lipinski definition) is 7. The summed E-state index contributed by atoms with van der Waals surface area (Å²) in [4.78, 5) is 25.4. The summed E-state index contributed by atoms with van der Waals surface area (Å²) in [6, 6.07) is 11.8. The van der Waals surface area contributed by atoms with Gasteiger partial charge in [0.05, 0.1) is 5.60 Å². The molecular formula is C29H35N5O4S. The summed E-state index contributed by atoms with van der Waals surface area (Å²) in [5.41, 5.74) is 9.72. The zero-order chi connectivity index (χ0) is 27.8. The molecule has 2 aliphatic carbocycles. The first kappa shape index (κ1) is 27.2. The molecule has 0 saturated heterocycles. The summed E-state index contributed by atoms with van der Waals surface area (Å²) in [6.45, 7) is 1.81. The Morgan fingerprint density at radius 1 is 1.10 bits per heavy atom. The van der Waals surface area contributed by atoms with Gasteiger partial charge in [-0.2, -0.15) is 11.3 Å². The number of nitrogens with zero attached hydrogens (tertiary/aromatic N) is 3. The quantitative estimate of drug-likeness (QED) is 0.322. The van der Waals surface area contributed by atoms with Crippen LogP contribution in [-0.2, 0) is 10.3 Å². The SMILES string of the molecule is CN(C(=O)O)[C@H]1CC[C@H](CC(=O)Nc2cc(-c3ccsc3)c(-c3ccc([C@]4(N)C[C@](C)(O)C4)cc3)nn2)CC1. The molecular weight excluding hydrogens is 514 g/mol. The molecule has 39 heavy (non-hydrogen) atoms. The second kappa shape index (κ2) is 10.7. The van der Waals surface area contributed by atoms with E-state index in [1.807, 2.05) is 47.2 Å². The Kier molecular flexibility index (Phi) is 7.45. The third-order valence-electron chi connectivity index (χ3n) is 8.16. The van der Waals surface area contributed by atoms with Gasteiger partial charge in [0, 0.05) is 36.2 Å². The Hall–Kier alpha value is -3.34. The Morgan fingerprint density at radius 3 is 2.38 bits per heavy atom. The van der Waals surface area contributed by atoms with E-state index in [1.165, 1.54) is 4.90 Å². The average molecular weight is 550 g/mol. The van der Waals surface area contributed by atoms with Gasteiger partial charge in [-0.1, -0.05) is 24.3 Å². The van der Waals surface area contributed by atoms with Crippen molar-refractivity contribution < 1.29 is 19.8 Å². The topological polar surface area (TPSA) is 142 Å². The number of thiophene rings is 1. The van der Waals surface area contributed by atoms with Crippen LogP contribution in [0.5, 0.6) is 0 Å². The van der Waals surface area contributed by atoms with Gasteiger partial charge in [-0.05, 0) is 85.4 Å². The van der Waals surface area contributed by atoms with Gasteiger partial charge in [0.1, 0.15) is 5.69 Å². The molecule has 5 rings (SSSR count). The largest absolute Gasteiger partial charge is 0.465 e. The summed E-state index contributed by atoms with van der Waals surface area (Å²) in [5, 5.41) is 35.2. The minimum absolute atomic E-state index is 0.0152. The number of nitrogens with two attached hydrogens (primary N) is 1. The Morgan fingerprint density at radius 2 is 1.79 bits per heavy atom. The van der Waals surface area contributed by atoms with Crippen LogP contribution < -0.4 is 11.1 Å². The lowest BCUT2D eigenvalue weighted by atomic mass is 9.63. The first-order valence-electron chi connectivity index (χ1n) is 13.3. The highest BCUT2D eigenvalue weighted by atomic mass is 32.1. The van der Waals surface area contributed by atoms with Gasteiger partial charge in [0.25, 0.3) is 0 Å². The molecule has 2 fully saturated rings. The van der Waals surface area contributed by atoms with E-state index in [0.29, 0.717) is 30.8 Å². The van der Waals surface area contributed by atoms with Gasteiger partial charge in [-0.25, -0.2) is 4.79 Å². The third-order valence-corrected chi connectivity index (χ3v) is 8.84. The molecule has 0 aliphatic heterocycles. The minimum atomic E-state index is -0.911. The zero-order valence-electron chi connectivity index (χ0n) is 22.3. The summed E-state index contributed by atoms with van der Waals surface area (Å²) >= 11 is 1.59. The van der Waals surface area contributed by atoms with Crippen LogP contribution in [-0.4, -0.2) is 56.0 Å². The lowest BCUT2D eigenvalue weighted by Gasteiger charge is -2.49. The van der Waals surface area contributed by atoms with Crippen LogP contribution >= 0.6 is 11.3 Å². The van der Waals surface area contributed by atoms with E-state index in [0.717, 1.165) is 47.9 Å². The number of amides is 2. The van der Waals surface area contributed by atoms with Gasteiger partial charge in [0.2, 0.25) is 5.91 Å². The number of carbonyl (C=O) groups excluding carboxylic acids is 1. The van der Waals surface area contributed by atoms with Crippen molar-refractivity contribution in [1.29, 1.82) is 0 Å². The van der Waals surface area contributed by atoms with Crippen molar-refractivity contribution >= 4 is 29.2 Å². The lowest BCUT2D eigenvalue weighted by Crippen LogP contribution is -2.58. The van der Waals surface area contributed by atoms with Crippen molar-refractivity contribution in [3.63, 3.8) is 0 Å². The number of hydrogen-bond donors (Lipinski definition) is 4. The maximum Gasteiger partial charge on any atom is 0.407 e. The van der Waals surface area contributed by atoms with Crippen molar-refractivity contribution in [2.45, 2.75) is 69.1 Å². The Balaban J connectivity index is 1.28. The van der Waals surface area contributed by atoms with E-state index in [-0.39, 0.29) is 17.9 Å². The minimum Gasteiger partial charge on any atom is -0.465 e. The molecule has 2 saturated carbocycles. The fourth-order valence-corrected chi connectivity index (χ4v) is 6.78. The van der Waals surface area contributed by atoms with E-state index in [4.69, 9.17) is 5.73 Å².